The molecular weight excluding hydrogens is 466 g/mol. The fraction of sp³-hybridized carbons (Fsp3) is 0.308. The quantitative estimate of drug-likeness (QED) is 0.182. The molecule has 1 aliphatic carbocycles. The molecule has 10 heteroatoms. The minimum absolute atomic E-state index is 0.00457. The van der Waals surface area contributed by atoms with Crippen LogP contribution in [0, 0.1) is 0 Å². The average Bonchev–Trinajstić information content (AvgIpc) is 3.26. The number of hydrogen-bond acceptors (Lipinski definition) is 7. The second-order valence-electron chi connectivity index (χ2n) is 9.32. The maximum absolute atomic E-state index is 13.4. The molecule has 5 aromatic rings. The summed E-state index contributed by atoms with van der Waals surface area (Å²) in [7, 11) is 1.35. The lowest BCUT2D eigenvalue weighted by molar-refractivity contribution is 0.351. The Labute approximate surface area is 203 Å². The highest BCUT2D eigenvalue weighted by Gasteiger charge is 2.27. The molecule has 0 spiro atoms. The summed E-state index contributed by atoms with van der Waals surface area (Å²) < 4.78 is 13.1. The van der Waals surface area contributed by atoms with Crippen molar-refractivity contribution >= 4 is 33.1 Å². The van der Waals surface area contributed by atoms with Gasteiger partial charge in [-0.25, -0.2) is 0 Å². The van der Waals surface area contributed by atoms with Crippen molar-refractivity contribution in [3.63, 3.8) is 0 Å². The highest BCUT2D eigenvalue weighted by molar-refractivity contribution is 6.15. The van der Waals surface area contributed by atoms with E-state index in [0.717, 1.165) is 38.5 Å². The molecule has 10 nitrogen and oxygen atoms in total. The van der Waals surface area contributed by atoms with E-state index in [1.165, 1.54) is 25.3 Å². The molecule has 2 aromatic carbocycles. The Balaban J connectivity index is 1.78. The maximum atomic E-state index is 13.4. The van der Waals surface area contributed by atoms with E-state index in [-0.39, 0.29) is 28.5 Å². The van der Waals surface area contributed by atoms with Gasteiger partial charge in [0.1, 0.15) is 5.65 Å². The van der Waals surface area contributed by atoms with Gasteiger partial charge in [0, 0.05) is 10.9 Å². The van der Waals surface area contributed by atoms with Gasteiger partial charge in [0.05, 0.1) is 24.1 Å². The number of nitrogens with one attached hydrogen (secondary N) is 2. The van der Waals surface area contributed by atoms with E-state index in [1.54, 1.807) is 6.07 Å². The Kier molecular flexibility index (Phi) is 4.99. The lowest BCUT2D eigenvalue weighted by Gasteiger charge is -2.17. The molecule has 3 heterocycles. The minimum Gasteiger partial charge on any atom is -0.504 e. The summed E-state index contributed by atoms with van der Waals surface area (Å²) in [5.41, 5.74) is 0.982. The third-order valence-corrected chi connectivity index (χ3v) is 7.20. The number of hydrogen-bond donors (Lipinski definition) is 5. The summed E-state index contributed by atoms with van der Waals surface area (Å²) in [6.45, 7) is 0. The number of nitrogens with zero attached hydrogens (tertiary/aromatic N) is 1. The predicted molar refractivity (Wildman–Crippen MR) is 134 cm³/mol. The lowest BCUT2D eigenvalue weighted by atomic mass is 10.0. The second kappa shape index (κ2) is 8.11. The van der Waals surface area contributed by atoms with Gasteiger partial charge < -0.3 is 29.5 Å². The summed E-state index contributed by atoms with van der Waals surface area (Å²) in [6, 6.07) is 5.72. The van der Waals surface area contributed by atoms with E-state index in [1.807, 2.05) is 4.68 Å². The molecule has 0 atom stereocenters. The summed E-state index contributed by atoms with van der Waals surface area (Å²) in [4.78, 5) is 28.9. The van der Waals surface area contributed by atoms with Crippen LogP contribution in [-0.4, -0.2) is 37.2 Å². The first-order valence-corrected chi connectivity index (χ1v) is 11.9. The molecule has 0 bridgehead atoms. The van der Waals surface area contributed by atoms with Gasteiger partial charge in [-0.15, -0.1) is 0 Å². The van der Waals surface area contributed by atoms with E-state index in [4.69, 9.17) is 9.15 Å². The standard InChI is InChI=1S/C26H25N3O7/c1-35-17-11-12(10-16(31)21(17)32)18-19-25(29(28-26(19)34)13-6-4-2-3-5-7-13)27-20-14-8-9-15(30)22(33)23(14)36-24(18)20/h8-11,13,27,31-33H,2-7H2,1H3,(H,28,34). The highest BCUT2D eigenvalue weighted by Crippen LogP contribution is 2.45. The monoisotopic (exact) mass is 491 g/mol. The average molecular weight is 492 g/mol. The zero-order valence-electron chi connectivity index (χ0n) is 19.6. The van der Waals surface area contributed by atoms with Crippen LogP contribution >= 0.6 is 0 Å². The molecule has 186 valence electrons. The van der Waals surface area contributed by atoms with Gasteiger partial charge in [0.2, 0.25) is 16.9 Å². The Hall–Kier alpha value is -4.34. The molecule has 0 saturated heterocycles. The number of methoxy groups -OCH3 is 1. The molecule has 1 saturated carbocycles. The van der Waals surface area contributed by atoms with Gasteiger partial charge in [-0.3, -0.25) is 19.4 Å². The predicted octanol–water partition coefficient (Wildman–Crippen LogP) is 4.61. The summed E-state index contributed by atoms with van der Waals surface area (Å²) >= 11 is 0. The fourth-order valence-corrected chi connectivity index (χ4v) is 5.42. The first-order valence-electron chi connectivity index (χ1n) is 11.9. The fourth-order valence-electron chi connectivity index (χ4n) is 5.42. The Morgan fingerprint density at radius 3 is 2.47 bits per heavy atom. The Morgan fingerprint density at radius 1 is 1.00 bits per heavy atom. The number of benzene rings is 2. The van der Waals surface area contributed by atoms with Crippen LogP contribution in [0.25, 0.3) is 44.2 Å². The number of aromatic hydroxyl groups is 3. The van der Waals surface area contributed by atoms with Crippen molar-refractivity contribution in [3.05, 3.63) is 44.8 Å². The van der Waals surface area contributed by atoms with Gasteiger partial charge in [-0.2, -0.15) is 0 Å². The van der Waals surface area contributed by atoms with Gasteiger partial charge >= 0.3 is 0 Å². The van der Waals surface area contributed by atoms with Gasteiger partial charge in [-0.1, -0.05) is 25.7 Å². The van der Waals surface area contributed by atoms with Crippen LogP contribution in [-0.2, 0) is 0 Å². The van der Waals surface area contributed by atoms with Gasteiger partial charge in [0.15, 0.2) is 22.7 Å². The molecule has 1 fully saturated rings. The van der Waals surface area contributed by atoms with Gasteiger partial charge in [-0.05, 0) is 42.7 Å². The van der Waals surface area contributed by atoms with E-state index >= 15 is 0 Å². The van der Waals surface area contributed by atoms with Crippen LogP contribution in [0.4, 0.5) is 0 Å². The SMILES string of the molecule is COc1cc(-c2c3oc4c(O)c(=O)ccc4c3[nH]c3c2c(=O)[nH]n3C2CCCCCC2)cc(O)c1O. The number of fused-ring (bicyclic) bond motifs is 4. The van der Waals surface area contributed by atoms with Crippen LogP contribution in [0.3, 0.4) is 0 Å². The zero-order valence-corrected chi connectivity index (χ0v) is 19.6. The number of ether oxygens (including phenoxy) is 1. The number of furan rings is 1. The number of pyridine rings is 1. The first-order chi connectivity index (χ1) is 17.4. The van der Waals surface area contributed by atoms with Crippen LogP contribution in [0.2, 0.25) is 0 Å². The molecule has 0 aliphatic heterocycles. The Morgan fingerprint density at radius 2 is 1.75 bits per heavy atom. The molecule has 5 N–H and O–H groups in total. The summed E-state index contributed by atoms with van der Waals surface area (Å²) in [6.07, 6.45) is 6.24. The van der Waals surface area contributed by atoms with E-state index in [9.17, 15) is 24.9 Å². The molecule has 3 aromatic heterocycles. The number of rotatable bonds is 3. The third-order valence-electron chi connectivity index (χ3n) is 7.20. The first kappa shape index (κ1) is 22.1. The zero-order chi connectivity index (χ0) is 25.1. The van der Waals surface area contributed by atoms with Crippen molar-refractivity contribution in [1.29, 1.82) is 0 Å². The van der Waals surface area contributed by atoms with Crippen molar-refractivity contribution in [2.24, 2.45) is 0 Å². The van der Waals surface area contributed by atoms with Crippen LogP contribution in [0.15, 0.2) is 38.3 Å². The number of H-pyrrole nitrogens is 2. The number of phenolic OH excluding ortho intramolecular Hbond substituents is 3. The molecule has 36 heavy (non-hydrogen) atoms. The largest absolute Gasteiger partial charge is 0.504 e. The summed E-state index contributed by atoms with van der Waals surface area (Å²) in [5.74, 6) is -1.38. The highest BCUT2D eigenvalue weighted by atomic mass is 16.5. The number of aromatic nitrogens is 3. The number of phenols is 3. The van der Waals surface area contributed by atoms with E-state index in [0.29, 0.717) is 33.1 Å². The van der Waals surface area contributed by atoms with Crippen LogP contribution in [0.1, 0.15) is 44.6 Å². The van der Waals surface area contributed by atoms with Crippen molar-refractivity contribution in [1.82, 2.24) is 14.8 Å². The van der Waals surface area contributed by atoms with Crippen molar-refractivity contribution < 1.29 is 24.5 Å². The molecule has 0 unspecified atom stereocenters. The molecule has 6 rings (SSSR count). The minimum atomic E-state index is -0.586. The molecular formula is C26H25N3O7. The molecule has 0 amide bonds. The van der Waals surface area contributed by atoms with Crippen LogP contribution in [0.5, 0.6) is 23.0 Å². The van der Waals surface area contributed by atoms with Crippen molar-refractivity contribution in [2.45, 2.75) is 44.6 Å². The van der Waals surface area contributed by atoms with Gasteiger partial charge in [0.25, 0.3) is 5.56 Å². The normalized spacial score (nSPS) is 15.1. The van der Waals surface area contributed by atoms with Crippen molar-refractivity contribution in [3.8, 4) is 34.1 Å². The second-order valence-corrected chi connectivity index (χ2v) is 9.32. The Bertz CT molecular complexity index is 1760. The lowest BCUT2D eigenvalue weighted by Crippen LogP contribution is -2.13. The van der Waals surface area contributed by atoms with E-state index < -0.39 is 22.7 Å². The third kappa shape index (κ3) is 3.17. The summed E-state index contributed by atoms with van der Waals surface area (Å²) in [5, 5.41) is 34.8. The molecule has 1 aliphatic rings. The van der Waals surface area contributed by atoms with E-state index in [2.05, 4.69) is 10.1 Å². The maximum Gasteiger partial charge on any atom is 0.274 e. The number of aromatic amines is 2. The molecule has 0 radical (unpaired) electrons. The smallest absolute Gasteiger partial charge is 0.274 e. The topological polar surface area (TPSA) is 154 Å². The van der Waals surface area contributed by atoms with Crippen LogP contribution < -0.4 is 15.7 Å². The van der Waals surface area contributed by atoms with Crippen molar-refractivity contribution in [2.75, 3.05) is 7.11 Å².